The van der Waals surface area contributed by atoms with Crippen molar-refractivity contribution in [2.24, 2.45) is 11.8 Å². The van der Waals surface area contributed by atoms with Gasteiger partial charge >= 0.3 is 5.97 Å². The van der Waals surface area contributed by atoms with Crippen molar-refractivity contribution in [1.29, 1.82) is 0 Å². The monoisotopic (exact) mass is 248 g/mol. The van der Waals surface area contributed by atoms with Crippen molar-refractivity contribution in [2.75, 3.05) is 7.11 Å². The molecule has 2 rings (SSSR count). The maximum absolute atomic E-state index is 10.9. The summed E-state index contributed by atoms with van der Waals surface area (Å²) in [5.41, 5.74) is 4.75. The van der Waals surface area contributed by atoms with Crippen LogP contribution in [-0.4, -0.2) is 18.2 Å². The van der Waals surface area contributed by atoms with E-state index in [4.69, 9.17) is 9.84 Å². The third-order valence-electron chi connectivity index (χ3n) is 4.03. The first-order valence-electron chi connectivity index (χ1n) is 6.32. The molecule has 0 radical (unpaired) electrons. The molecular weight excluding hydrogens is 228 g/mol. The van der Waals surface area contributed by atoms with E-state index in [-0.39, 0.29) is 11.8 Å². The molecule has 2 unspecified atom stereocenters. The Morgan fingerprint density at radius 3 is 2.56 bits per heavy atom. The van der Waals surface area contributed by atoms with Crippen LogP contribution in [0.5, 0.6) is 5.75 Å². The Morgan fingerprint density at radius 1 is 1.39 bits per heavy atom. The van der Waals surface area contributed by atoms with Crippen LogP contribution >= 0.6 is 0 Å². The second kappa shape index (κ2) is 4.63. The Kier molecular flexibility index (Phi) is 3.33. The number of aliphatic carboxylic acids is 1. The number of carboxylic acids is 1. The molecule has 1 aromatic carbocycles. The highest BCUT2D eigenvalue weighted by molar-refractivity contribution is 5.73. The predicted octanol–water partition coefficient (Wildman–Crippen LogP) is 2.88. The van der Waals surface area contributed by atoms with Crippen LogP contribution in [0, 0.1) is 32.6 Å². The van der Waals surface area contributed by atoms with Crippen molar-refractivity contribution >= 4 is 5.97 Å². The Labute approximate surface area is 108 Å². The number of benzene rings is 1. The molecule has 0 aromatic heterocycles. The van der Waals surface area contributed by atoms with Gasteiger partial charge in [-0.1, -0.05) is 6.07 Å². The normalized spacial score (nSPS) is 21.8. The van der Waals surface area contributed by atoms with Crippen LogP contribution in [0.2, 0.25) is 0 Å². The average molecular weight is 248 g/mol. The van der Waals surface area contributed by atoms with Crippen LogP contribution in [0.25, 0.3) is 0 Å². The van der Waals surface area contributed by atoms with Crippen LogP contribution < -0.4 is 4.74 Å². The van der Waals surface area contributed by atoms with E-state index in [2.05, 4.69) is 26.8 Å². The van der Waals surface area contributed by atoms with Gasteiger partial charge in [-0.3, -0.25) is 4.79 Å². The molecule has 0 aliphatic heterocycles. The summed E-state index contributed by atoms with van der Waals surface area (Å²) < 4.78 is 5.51. The first kappa shape index (κ1) is 12.9. The van der Waals surface area contributed by atoms with E-state index in [1.54, 1.807) is 7.11 Å². The first-order chi connectivity index (χ1) is 8.45. The predicted molar refractivity (Wildman–Crippen MR) is 70.1 cm³/mol. The summed E-state index contributed by atoms with van der Waals surface area (Å²) in [5.74, 6) is 0.386. The quantitative estimate of drug-likeness (QED) is 0.891. The fourth-order valence-corrected chi connectivity index (χ4v) is 2.67. The minimum Gasteiger partial charge on any atom is -0.496 e. The fourth-order valence-electron chi connectivity index (χ4n) is 2.67. The van der Waals surface area contributed by atoms with Crippen LogP contribution in [0.1, 0.15) is 28.7 Å². The van der Waals surface area contributed by atoms with Crippen LogP contribution in [0.15, 0.2) is 6.07 Å². The number of ether oxygens (including phenoxy) is 1. The number of hydrogen-bond donors (Lipinski definition) is 1. The summed E-state index contributed by atoms with van der Waals surface area (Å²) in [6.45, 7) is 6.20. The Morgan fingerprint density at radius 2 is 2.06 bits per heavy atom. The van der Waals surface area contributed by atoms with Crippen LogP contribution in [0.4, 0.5) is 0 Å². The van der Waals surface area contributed by atoms with Gasteiger partial charge in [0.1, 0.15) is 5.75 Å². The zero-order chi connectivity index (χ0) is 13.4. The largest absolute Gasteiger partial charge is 0.496 e. The maximum Gasteiger partial charge on any atom is 0.306 e. The number of rotatable bonds is 4. The molecule has 1 aliphatic carbocycles. The second-order valence-corrected chi connectivity index (χ2v) is 5.29. The molecule has 1 saturated carbocycles. The molecule has 1 aliphatic rings. The number of aryl methyl sites for hydroxylation is 2. The topological polar surface area (TPSA) is 46.5 Å². The zero-order valence-electron chi connectivity index (χ0n) is 11.4. The zero-order valence-corrected chi connectivity index (χ0v) is 11.4. The molecule has 3 nitrogen and oxygen atoms in total. The van der Waals surface area contributed by atoms with Crippen LogP contribution in [0.3, 0.4) is 0 Å². The van der Waals surface area contributed by atoms with Crippen molar-refractivity contribution in [2.45, 2.75) is 33.6 Å². The highest BCUT2D eigenvalue weighted by atomic mass is 16.5. The van der Waals surface area contributed by atoms with Gasteiger partial charge in [-0.05, 0) is 61.8 Å². The minimum absolute atomic E-state index is 0.157. The first-order valence-corrected chi connectivity index (χ1v) is 6.32. The van der Waals surface area contributed by atoms with Gasteiger partial charge < -0.3 is 9.84 Å². The van der Waals surface area contributed by atoms with E-state index in [1.165, 1.54) is 16.7 Å². The number of hydrogen-bond acceptors (Lipinski definition) is 2. The third kappa shape index (κ3) is 2.22. The van der Waals surface area contributed by atoms with Gasteiger partial charge in [0.05, 0.1) is 13.0 Å². The Bertz CT molecular complexity index is 491. The summed E-state index contributed by atoms with van der Waals surface area (Å²) >= 11 is 0. The molecule has 0 bridgehead atoms. The molecule has 0 amide bonds. The summed E-state index contributed by atoms with van der Waals surface area (Å²) in [6, 6.07) is 2.16. The fraction of sp³-hybridized carbons (Fsp3) is 0.533. The Hall–Kier alpha value is -1.51. The Balaban J connectivity index is 2.28. The summed E-state index contributed by atoms with van der Waals surface area (Å²) in [7, 11) is 1.69. The lowest BCUT2D eigenvalue weighted by Gasteiger charge is -2.16. The van der Waals surface area contributed by atoms with Crippen molar-refractivity contribution < 1.29 is 14.6 Å². The highest BCUT2D eigenvalue weighted by Gasteiger charge is 2.43. The number of methoxy groups -OCH3 is 1. The average Bonchev–Trinajstić information content (AvgIpc) is 3.06. The lowest BCUT2D eigenvalue weighted by atomic mass is 9.95. The molecule has 1 fully saturated rings. The SMILES string of the molecule is COc1c(C)c(C)cc(C)c1CC1CC1C(=O)O. The van der Waals surface area contributed by atoms with Crippen molar-refractivity contribution in [3.05, 3.63) is 28.3 Å². The lowest BCUT2D eigenvalue weighted by Crippen LogP contribution is -2.05. The summed E-state index contributed by atoms with van der Waals surface area (Å²) in [6.07, 6.45) is 1.61. The highest BCUT2D eigenvalue weighted by Crippen LogP contribution is 2.44. The van der Waals surface area contributed by atoms with E-state index in [0.29, 0.717) is 0 Å². The smallest absolute Gasteiger partial charge is 0.306 e. The summed E-state index contributed by atoms with van der Waals surface area (Å²) in [5, 5.41) is 8.96. The van der Waals surface area contributed by atoms with Gasteiger partial charge in [0.2, 0.25) is 0 Å². The number of carbonyl (C=O) groups is 1. The van der Waals surface area contributed by atoms with Crippen molar-refractivity contribution in [3.8, 4) is 5.75 Å². The molecule has 2 atom stereocenters. The molecule has 0 heterocycles. The molecular formula is C15H20O3. The standard InChI is InChI=1S/C15H20O3/c1-8-5-9(2)12(14(18-4)10(8)3)6-11-7-13(11)15(16)17/h5,11,13H,6-7H2,1-4H3,(H,16,17). The van der Waals surface area contributed by atoms with E-state index in [0.717, 1.165) is 24.2 Å². The lowest BCUT2D eigenvalue weighted by molar-refractivity contribution is -0.138. The second-order valence-electron chi connectivity index (χ2n) is 5.29. The summed E-state index contributed by atoms with van der Waals surface area (Å²) in [4.78, 5) is 10.9. The van der Waals surface area contributed by atoms with Gasteiger partial charge in [0, 0.05) is 0 Å². The van der Waals surface area contributed by atoms with E-state index >= 15 is 0 Å². The van der Waals surface area contributed by atoms with Crippen molar-refractivity contribution in [3.63, 3.8) is 0 Å². The molecule has 98 valence electrons. The molecule has 0 saturated heterocycles. The van der Waals surface area contributed by atoms with Gasteiger partial charge in [-0.25, -0.2) is 0 Å². The van der Waals surface area contributed by atoms with Gasteiger partial charge in [-0.15, -0.1) is 0 Å². The van der Waals surface area contributed by atoms with Crippen molar-refractivity contribution in [1.82, 2.24) is 0 Å². The molecule has 1 N–H and O–H groups in total. The molecule has 0 spiro atoms. The number of carboxylic acid groups (broad SMARTS) is 1. The van der Waals surface area contributed by atoms with Gasteiger partial charge in [0.25, 0.3) is 0 Å². The molecule has 3 heteroatoms. The van der Waals surface area contributed by atoms with E-state index in [1.807, 2.05) is 0 Å². The van der Waals surface area contributed by atoms with Gasteiger partial charge in [0.15, 0.2) is 0 Å². The van der Waals surface area contributed by atoms with E-state index in [9.17, 15) is 4.79 Å². The third-order valence-corrected chi connectivity index (χ3v) is 4.03. The van der Waals surface area contributed by atoms with Crippen LogP contribution in [-0.2, 0) is 11.2 Å². The van der Waals surface area contributed by atoms with E-state index < -0.39 is 5.97 Å². The van der Waals surface area contributed by atoms with Gasteiger partial charge in [-0.2, -0.15) is 0 Å². The molecule has 18 heavy (non-hydrogen) atoms. The molecule has 1 aromatic rings. The maximum atomic E-state index is 10.9. The minimum atomic E-state index is -0.666.